The van der Waals surface area contributed by atoms with Gasteiger partial charge in [0, 0.05) is 12.6 Å². The normalized spacial score (nSPS) is 16.9. The zero-order chi connectivity index (χ0) is 19.4. The Morgan fingerprint density at radius 1 is 1.19 bits per heavy atom. The molecule has 3 N–H and O–H groups in total. The molecule has 0 radical (unpaired) electrons. The summed E-state index contributed by atoms with van der Waals surface area (Å²) in [5.41, 5.74) is 2.10. The molecule has 2 aromatic carbocycles. The van der Waals surface area contributed by atoms with Gasteiger partial charge in [-0.15, -0.1) is 0 Å². The van der Waals surface area contributed by atoms with Gasteiger partial charge in [0.15, 0.2) is 0 Å². The van der Waals surface area contributed by atoms with Crippen molar-refractivity contribution in [1.29, 1.82) is 0 Å². The molecule has 0 aromatic heterocycles. The maximum absolute atomic E-state index is 12.9. The maximum atomic E-state index is 12.9. The van der Waals surface area contributed by atoms with Gasteiger partial charge in [-0.05, 0) is 62.6 Å². The molecule has 6 nitrogen and oxygen atoms in total. The SMILES string of the molecule is Cc1ccc(C)c(S(=O)(=O)Nc2ccccc2C(=O)NCC2CCCN2)c1. The lowest BCUT2D eigenvalue weighted by atomic mass is 10.1. The Bertz CT molecular complexity index is 935. The molecule has 7 heteroatoms. The molecule has 2 aromatic rings. The molecule has 1 aliphatic rings. The second kappa shape index (κ2) is 8.10. The topological polar surface area (TPSA) is 87.3 Å². The predicted octanol–water partition coefficient (Wildman–Crippen LogP) is 2.59. The minimum absolute atomic E-state index is 0.216. The summed E-state index contributed by atoms with van der Waals surface area (Å²) in [5.74, 6) is -0.289. The van der Waals surface area contributed by atoms with Crippen LogP contribution in [0.5, 0.6) is 0 Å². The smallest absolute Gasteiger partial charge is 0.262 e. The second-order valence-corrected chi connectivity index (χ2v) is 8.57. The van der Waals surface area contributed by atoms with E-state index in [1.54, 1.807) is 43.3 Å². The van der Waals surface area contributed by atoms with Crippen molar-refractivity contribution in [3.63, 3.8) is 0 Å². The fourth-order valence-corrected chi connectivity index (χ4v) is 4.62. The number of aryl methyl sites for hydroxylation is 2. The summed E-state index contributed by atoms with van der Waals surface area (Å²) in [6.45, 7) is 5.09. The van der Waals surface area contributed by atoms with E-state index in [0.29, 0.717) is 17.7 Å². The first-order chi connectivity index (χ1) is 12.9. The van der Waals surface area contributed by atoms with Gasteiger partial charge in [0.1, 0.15) is 0 Å². The molecule has 1 amide bonds. The van der Waals surface area contributed by atoms with Crippen LogP contribution in [0.2, 0.25) is 0 Å². The fraction of sp³-hybridized carbons (Fsp3) is 0.350. The number of sulfonamides is 1. The molecule has 3 rings (SSSR count). The summed E-state index contributed by atoms with van der Waals surface area (Å²) < 4.78 is 28.3. The van der Waals surface area contributed by atoms with E-state index < -0.39 is 10.0 Å². The Labute approximate surface area is 160 Å². The van der Waals surface area contributed by atoms with Gasteiger partial charge >= 0.3 is 0 Å². The Morgan fingerprint density at radius 3 is 2.70 bits per heavy atom. The third kappa shape index (κ3) is 4.67. The first kappa shape index (κ1) is 19.4. The second-order valence-electron chi connectivity index (χ2n) is 6.92. The van der Waals surface area contributed by atoms with Crippen molar-refractivity contribution < 1.29 is 13.2 Å². The molecule has 1 unspecified atom stereocenters. The van der Waals surface area contributed by atoms with Crippen molar-refractivity contribution in [2.45, 2.75) is 37.6 Å². The van der Waals surface area contributed by atoms with Gasteiger partial charge in [0.2, 0.25) is 0 Å². The van der Waals surface area contributed by atoms with Gasteiger partial charge in [-0.2, -0.15) is 0 Å². The number of benzene rings is 2. The van der Waals surface area contributed by atoms with Crippen molar-refractivity contribution in [2.24, 2.45) is 0 Å². The van der Waals surface area contributed by atoms with Crippen molar-refractivity contribution in [3.05, 3.63) is 59.2 Å². The number of para-hydroxylation sites is 1. The average Bonchev–Trinajstić information content (AvgIpc) is 3.15. The van der Waals surface area contributed by atoms with Gasteiger partial charge in [-0.25, -0.2) is 8.42 Å². The molecule has 144 valence electrons. The molecule has 1 aliphatic heterocycles. The molecule has 0 saturated carbocycles. The average molecular weight is 388 g/mol. The van der Waals surface area contributed by atoms with E-state index in [4.69, 9.17) is 0 Å². The Kier molecular flexibility index (Phi) is 5.82. The van der Waals surface area contributed by atoms with Crippen LogP contribution in [-0.4, -0.2) is 33.5 Å². The lowest BCUT2D eigenvalue weighted by Crippen LogP contribution is -2.37. The number of anilines is 1. The van der Waals surface area contributed by atoms with Crippen molar-refractivity contribution in [1.82, 2.24) is 10.6 Å². The van der Waals surface area contributed by atoms with E-state index in [2.05, 4.69) is 15.4 Å². The highest BCUT2D eigenvalue weighted by atomic mass is 32.2. The fourth-order valence-electron chi connectivity index (χ4n) is 3.21. The third-order valence-corrected chi connectivity index (χ3v) is 6.23. The summed E-state index contributed by atoms with van der Waals surface area (Å²) in [6.07, 6.45) is 2.13. The molecule has 1 fully saturated rings. The van der Waals surface area contributed by atoms with Gasteiger partial charge in [-0.1, -0.05) is 24.3 Å². The minimum atomic E-state index is -3.80. The van der Waals surface area contributed by atoms with E-state index in [0.717, 1.165) is 24.9 Å². The summed E-state index contributed by atoms with van der Waals surface area (Å²) in [5, 5.41) is 6.21. The van der Waals surface area contributed by atoms with Crippen LogP contribution >= 0.6 is 0 Å². The number of nitrogens with one attached hydrogen (secondary N) is 3. The summed E-state index contributed by atoms with van der Waals surface area (Å²) in [6, 6.07) is 12.2. The van der Waals surface area contributed by atoms with Gasteiger partial charge < -0.3 is 10.6 Å². The third-order valence-electron chi connectivity index (χ3n) is 4.72. The van der Waals surface area contributed by atoms with E-state index in [9.17, 15) is 13.2 Å². The van der Waals surface area contributed by atoms with E-state index >= 15 is 0 Å². The first-order valence-electron chi connectivity index (χ1n) is 9.07. The molecule has 1 heterocycles. The largest absolute Gasteiger partial charge is 0.350 e. The molecule has 0 bridgehead atoms. The van der Waals surface area contributed by atoms with Crippen LogP contribution in [0.25, 0.3) is 0 Å². The van der Waals surface area contributed by atoms with E-state index in [1.807, 2.05) is 13.0 Å². The first-order valence-corrected chi connectivity index (χ1v) is 10.6. The highest BCUT2D eigenvalue weighted by Gasteiger charge is 2.21. The molecule has 27 heavy (non-hydrogen) atoms. The standard InChI is InChI=1S/C20H25N3O3S/c1-14-9-10-15(2)19(12-14)27(25,26)23-18-8-4-3-7-17(18)20(24)22-13-16-6-5-11-21-16/h3-4,7-10,12,16,21,23H,5-6,11,13H2,1-2H3,(H,22,24). The number of hydrogen-bond acceptors (Lipinski definition) is 4. The minimum Gasteiger partial charge on any atom is -0.350 e. The number of amides is 1. The number of carbonyl (C=O) groups is 1. The van der Waals surface area contributed by atoms with Crippen molar-refractivity contribution in [3.8, 4) is 0 Å². The maximum Gasteiger partial charge on any atom is 0.262 e. The number of rotatable bonds is 6. The van der Waals surface area contributed by atoms with Crippen LogP contribution in [-0.2, 0) is 10.0 Å². The predicted molar refractivity (Wildman–Crippen MR) is 107 cm³/mol. The summed E-state index contributed by atoms with van der Waals surface area (Å²) in [7, 11) is -3.80. The molecule has 1 atom stereocenters. The quantitative estimate of drug-likeness (QED) is 0.711. The summed E-state index contributed by atoms with van der Waals surface area (Å²) in [4.78, 5) is 12.8. The monoisotopic (exact) mass is 387 g/mol. The Hall–Kier alpha value is -2.38. The molecular formula is C20H25N3O3S. The molecule has 1 saturated heterocycles. The zero-order valence-corrected chi connectivity index (χ0v) is 16.4. The highest BCUT2D eigenvalue weighted by molar-refractivity contribution is 7.92. The van der Waals surface area contributed by atoms with Gasteiger partial charge in [-0.3, -0.25) is 9.52 Å². The van der Waals surface area contributed by atoms with Crippen LogP contribution < -0.4 is 15.4 Å². The molecule has 0 aliphatic carbocycles. The van der Waals surface area contributed by atoms with E-state index in [-0.39, 0.29) is 22.5 Å². The Morgan fingerprint density at radius 2 is 1.96 bits per heavy atom. The van der Waals surface area contributed by atoms with Crippen LogP contribution in [0.3, 0.4) is 0 Å². The lowest BCUT2D eigenvalue weighted by Gasteiger charge is -2.15. The number of carbonyl (C=O) groups excluding carboxylic acids is 1. The Balaban J connectivity index is 1.80. The van der Waals surface area contributed by atoms with Crippen molar-refractivity contribution >= 4 is 21.6 Å². The number of hydrogen-bond donors (Lipinski definition) is 3. The van der Waals surface area contributed by atoms with Crippen LogP contribution in [0, 0.1) is 13.8 Å². The van der Waals surface area contributed by atoms with Crippen LogP contribution in [0.4, 0.5) is 5.69 Å². The zero-order valence-electron chi connectivity index (χ0n) is 15.6. The van der Waals surface area contributed by atoms with Gasteiger partial charge in [0.25, 0.3) is 15.9 Å². The van der Waals surface area contributed by atoms with Crippen LogP contribution in [0.15, 0.2) is 47.4 Å². The molecular weight excluding hydrogens is 362 g/mol. The van der Waals surface area contributed by atoms with E-state index in [1.165, 1.54) is 0 Å². The van der Waals surface area contributed by atoms with Gasteiger partial charge in [0.05, 0.1) is 16.1 Å². The van der Waals surface area contributed by atoms with Crippen LogP contribution in [0.1, 0.15) is 34.3 Å². The highest BCUT2D eigenvalue weighted by Crippen LogP contribution is 2.23. The molecule has 0 spiro atoms. The summed E-state index contributed by atoms with van der Waals surface area (Å²) >= 11 is 0. The van der Waals surface area contributed by atoms with Crippen molar-refractivity contribution in [2.75, 3.05) is 17.8 Å². The lowest BCUT2D eigenvalue weighted by molar-refractivity contribution is 0.0951.